The highest BCUT2D eigenvalue weighted by atomic mass is 32.2. The molecule has 60 valence electrons. The van der Waals surface area contributed by atoms with E-state index in [9.17, 15) is 0 Å². The molecule has 0 aromatic rings. The third kappa shape index (κ3) is 17.9. The van der Waals surface area contributed by atoms with Gasteiger partial charge < -0.3 is 0 Å². The number of hydrogen-bond acceptors (Lipinski definition) is 3. The largest absolute Gasteiger partial charge is 0.269 e. The van der Waals surface area contributed by atoms with Crippen LogP contribution in [-0.2, 0) is 0 Å². The van der Waals surface area contributed by atoms with Crippen molar-refractivity contribution in [1.29, 1.82) is 0 Å². The van der Waals surface area contributed by atoms with Crippen molar-refractivity contribution in [3.05, 3.63) is 0 Å². The molecule has 0 aliphatic rings. The van der Waals surface area contributed by atoms with Crippen molar-refractivity contribution in [2.45, 2.75) is 0 Å². The van der Waals surface area contributed by atoms with E-state index in [2.05, 4.69) is 0 Å². The Hall–Kier alpha value is 0.130. The van der Waals surface area contributed by atoms with Crippen LogP contribution in [0.15, 0.2) is 0 Å². The van der Waals surface area contributed by atoms with Crippen LogP contribution in [0.4, 0.5) is 9.41 Å². The Bertz CT molecular complexity index is 45.8. The summed E-state index contributed by atoms with van der Waals surface area (Å²) in [7, 11) is 8.07. The van der Waals surface area contributed by atoms with E-state index in [0.29, 0.717) is 0 Å². The summed E-state index contributed by atoms with van der Waals surface area (Å²) in [5.41, 5.74) is 0. The lowest BCUT2D eigenvalue weighted by atomic mass is 11.3. The lowest BCUT2D eigenvalue weighted by Crippen LogP contribution is -2.10. The molecule has 5 heteroatoms. The van der Waals surface area contributed by atoms with Crippen molar-refractivity contribution in [3.8, 4) is 0 Å². The first-order chi connectivity index (χ1) is 3.13. The average molecular weight is 160 g/mol. The van der Waals surface area contributed by atoms with Gasteiger partial charge in [-0.15, -0.1) is 0 Å². The second-order valence-corrected chi connectivity index (χ2v) is 3.33. The molecular formula is C4H14F2N2S. The maximum absolute atomic E-state index is 2.04. The summed E-state index contributed by atoms with van der Waals surface area (Å²) in [6, 6.07) is 0. The fraction of sp³-hybridized carbons (Fsp3) is 1.00. The summed E-state index contributed by atoms with van der Waals surface area (Å²) in [4.78, 5) is 0. The van der Waals surface area contributed by atoms with Gasteiger partial charge in [0.05, 0.1) is 0 Å². The van der Waals surface area contributed by atoms with Crippen molar-refractivity contribution in [2.75, 3.05) is 28.2 Å². The normalized spacial score (nSPS) is 8.67. The summed E-state index contributed by atoms with van der Waals surface area (Å²) >= 11 is 1.68. The average Bonchev–Trinajstić information content (AvgIpc) is 1.27. The smallest absolute Gasteiger partial charge is 0.00791 e. The molecule has 9 heavy (non-hydrogen) atoms. The standard InChI is InChI=1S/C4H12N2S.2FH/c1-5(2)7-6(3)4;;/h1-4H3;2*1H. The summed E-state index contributed by atoms with van der Waals surface area (Å²) in [5.74, 6) is 0. The minimum absolute atomic E-state index is 0. The molecule has 0 rings (SSSR count). The summed E-state index contributed by atoms with van der Waals surface area (Å²) < 4.78 is 4.08. The molecule has 0 aliphatic carbocycles. The minimum Gasteiger partial charge on any atom is -0.269 e. The third-order valence-corrected chi connectivity index (χ3v) is 0.980. The van der Waals surface area contributed by atoms with Crippen LogP contribution in [0.25, 0.3) is 0 Å². The van der Waals surface area contributed by atoms with Crippen LogP contribution < -0.4 is 0 Å². The number of rotatable bonds is 2. The van der Waals surface area contributed by atoms with Crippen LogP contribution >= 0.6 is 12.1 Å². The monoisotopic (exact) mass is 160 g/mol. The van der Waals surface area contributed by atoms with E-state index in [4.69, 9.17) is 0 Å². The molecule has 0 spiro atoms. The van der Waals surface area contributed by atoms with E-state index in [1.165, 1.54) is 0 Å². The molecule has 0 unspecified atom stereocenters. The van der Waals surface area contributed by atoms with Gasteiger partial charge >= 0.3 is 0 Å². The highest BCUT2D eigenvalue weighted by Gasteiger charge is 1.89. The Kier molecular flexibility index (Phi) is 14.5. The van der Waals surface area contributed by atoms with Crippen LogP contribution in [0.1, 0.15) is 0 Å². The van der Waals surface area contributed by atoms with Gasteiger partial charge in [0.15, 0.2) is 0 Å². The molecule has 0 atom stereocenters. The van der Waals surface area contributed by atoms with E-state index in [-0.39, 0.29) is 9.41 Å². The maximum Gasteiger partial charge on any atom is 0.00791 e. The fourth-order valence-corrected chi connectivity index (χ4v) is 0.980. The van der Waals surface area contributed by atoms with Gasteiger partial charge in [-0.3, -0.25) is 9.41 Å². The molecule has 0 radical (unpaired) electrons. The van der Waals surface area contributed by atoms with Gasteiger partial charge in [0.25, 0.3) is 0 Å². The molecule has 0 fully saturated rings. The molecule has 0 aromatic carbocycles. The van der Waals surface area contributed by atoms with Crippen LogP contribution in [0.5, 0.6) is 0 Å². The molecule has 0 N–H and O–H groups in total. The Balaban J connectivity index is -0.000000180. The van der Waals surface area contributed by atoms with E-state index in [0.717, 1.165) is 0 Å². The van der Waals surface area contributed by atoms with Crippen LogP contribution in [-0.4, -0.2) is 36.8 Å². The molecule has 0 saturated heterocycles. The Morgan fingerprint density at radius 1 is 0.778 bits per heavy atom. The van der Waals surface area contributed by atoms with Crippen molar-refractivity contribution in [2.24, 2.45) is 0 Å². The number of hydrogen-bond donors (Lipinski definition) is 0. The first kappa shape index (κ1) is 16.1. The third-order valence-electron chi connectivity index (χ3n) is 0.327. The number of halogens is 2. The van der Waals surface area contributed by atoms with Crippen LogP contribution in [0.3, 0.4) is 0 Å². The molecule has 0 heterocycles. The molecule has 0 bridgehead atoms. The topological polar surface area (TPSA) is 6.48 Å². The highest BCUT2D eigenvalue weighted by molar-refractivity contribution is 7.94. The molecule has 0 aromatic heterocycles. The second-order valence-electron chi connectivity index (χ2n) is 1.71. The van der Waals surface area contributed by atoms with Crippen LogP contribution in [0.2, 0.25) is 0 Å². The zero-order valence-electron chi connectivity index (χ0n) is 6.12. The van der Waals surface area contributed by atoms with E-state index in [1.54, 1.807) is 12.1 Å². The zero-order valence-corrected chi connectivity index (χ0v) is 6.94. The Labute approximate surface area is 59.2 Å². The molecule has 0 amide bonds. The van der Waals surface area contributed by atoms with Gasteiger partial charge in [0, 0.05) is 12.1 Å². The van der Waals surface area contributed by atoms with Gasteiger partial charge in [-0.1, -0.05) is 0 Å². The van der Waals surface area contributed by atoms with Gasteiger partial charge in [-0.2, -0.15) is 0 Å². The quantitative estimate of drug-likeness (QED) is 0.556. The van der Waals surface area contributed by atoms with Crippen molar-refractivity contribution >= 4 is 12.1 Å². The maximum atomic E-state index is 2.04. The molecule has 0 saturated carbocycles. The summed E-state index contributed by atoms with van der Waals surface area (Å²) in [6.07, 6.45) is 0. The Morgan fingerprint density at radius 2 is 1.00 bits per heavy atom. The Morgan fingerprint density at radius 3 is 1.00 bits per heavy atom. The zero-order chi connectivity index (χ0) is 5.86. The van der Waals surface area contributed by atoms with Crippen molar-refractivity contribution in [3.63, 3.8) is 0 Å². The minimum atomic E-state index is 0. The van der Waals surface area contributed by atoms with E-state index >= 15 is 0 Å². The summed E-state index contributed by atoms with van der Waals surface area (Å²) in [6.45, 7) is 0. The lowest BCUT2D eigenvalue weighted by molar-refractivity contribution is 0.617. The van der Waals surface area contributed by atoms with E-state index in [1.807, 2.05) is 36.8 Å². The van der Waals surface area contributed by atoms with Crippen molar-refractivity contribution in [1.82, 2.24) is 8.61 Å². The predicted octanol–water partition coefficient (Wildman–Crippen LogP) is 0.978. The number of nitrogens with zero attached hydrogens (tertiary/aromatic N) is 2. The molecule has 2 nitrogen and oxygen atoms in total. The predicted molar refractivity (Wildman–Crippen MR) is 40.0 cm³/mol. The van der Waals surface area contributed by atoms with Crippen molar-refractivity contribution < 1.29 is 9.41 Å². The summed E-state index contributed by atoms with van der Waals surface area (Å²) in [5, 5.41) is 0. The van der Waals surface area contributed by atoms with Crippen LogP contribution in [0, 0.1) is 0 Å². The fourth-order valence-electron chi connectivity index (χ4n) is 0.327. The first-order valence-corrected chi connectivity index (χ1v) is 2.88. The van der Waals surface area contributed by atoms with Gasteiger partial charge in [0.2, 0.25) is 0 Å². The van der Waals surface area contributed by atoms with Gasteiger partial charge in [-0.25, -0.2) is 8.61 Å². The first-order valence-electron chi connectivity index (χ1n) is 2.15. The SMILES string of the molecule is CN(C)SN(C)C.F.F. The second kappa shape index (κ2) is 8.13. The highest BCUT2D eigenvalue weighted by Crippen LogP contribution is 2.03. The lowest BCUT2D eigenvalue weighted by Gasteiger charge is -2.12. The van der Waals surface area contributed by atoms with E-state index < -0.39 is 0 Å². The van der Waals surface area contributed by atoms with Gasteiger partial charge in [0.1, 0.15) is 0 Å². The molecule has 0 aliphatic heterocycles. The van der Waals surface area contributed by atoms with Gasteiger partial charge in [-0.05, 0) is 28.2 Å². The molecular weight excluding hydrogens is 146 g/mol.